The number of amides is 1. The predicted octanol–water partition coefficient (Wildman–Crippen LogP) is 6.50. The molecule has 182 valence electrons. The number of hydrogen-bond acceptors (Lipinski definition) is 5. The Kier molecular flexibility index (Phi) is 7.74. The number of carbonyl (C=O) groups excluding carboxylic acids is 1. The Labute approximate surface area is 224 Å². The van der Waals surface area contributed by atoms with Crippen molar-refractivity contribution in [2.75, 3.05) is 5.75 Å². The van der Waals surface area contributed by atoms with Crippen LogP contribution >= 0.6 is 23.4 Å². The van der Waals surface area contributed by atoms with Crippen LogP contribution in [0.1, 0.15) is 5.56 Å². The first kappa shape index (κ1) is 24.5. The molecule has 0 radical (unpaired) electrons. The zero-order valence-corrected chi connectivity index (χ0v) is 21.2. The second-order valence-corrected chi connectivity index (χ2v) is 9.43. The van der Waals surface area contributed by atoms with Gasteiger partial charge in [0.1, 0.15) is 0 Å². The predicted molar refractivity (Wildman–Crippen MR) is 150 cm³/mol. The molecule has 6 nitrogen and oxygen atoms in total. The zero-order valence-electron chi connectivity index (χ0n) is 19.7. The van der Waals surface area contributed by atoms with Gasteiger partial charge in [-0.2, -0.15) is 5.10 Å². The molecule has 0 bridgehead atoms. The highest BCUT2D eigenvalue weighted by atomic mass is 35.5. The first-order valence-corrected chi connectivity index (χ1v) is 12.9. The van der Waals surface area contributed by atoms with Gasteiger partial charge in [0.2, 0.25) is 0 Å². The topological polar surface area (TPSA) is 72.2 Å². The van der Waals surface area contributed by atoms with E-state index in [1.165, 1.54) is 11.8 Å². The molecule has 5 rings (SSSR count). The summed E-state index contributed by atoms with van der Waals surface area (Å²) >= 11 is 7.37. The van der Waals surface area contributed by atoms with E-state index in [1.54, 1.807) is 6.21 Å². The van der Waals surface area contributed by atoms with E-state index >= 15 is 0 Å². The maximum atomic E-state index is 12.5. The monoisotopic (exact) mass is 523 g/mol. The number of thioether (sulfide) groups is 1. The molecule has 5 aromatic rings. The number of nitrogens with one attached hydrogen (secondary N) is 1. The first-order chi connectivity index (χ1) is 18.2. The van der Waals surface area contributed by atoms with Crippen LogP contribution in [0.3, 0.4) is 0 Å². The van der Waals surface area contributed by atoms with Gasteiger partial charge in [-0.05, 0) is 41.0 Å². The van der Waals surface area contributed by atoms with Gasteiger partial charge in [-0.25, -0.2) is 5.43 Å². The number of aromatic nitrogens is 3. The Hall–Kier alpha value is -4.20. The van der Waals surface area contributed by atoms with Crippen LogP contribution in [0.2, 0.25) is 5.02 Å². The van der Waals surface area contributed by atoms with Crippen molar-refractivity contribution in [3.63, 3.8) is 0 Å². The van der Waals surface area contributed by atoms with Gasteiger partial charge in [-0.15, -0.1) is 10.2 Å². The van der Waals surface area contributed by atoms with Crippen molar-refractivity contribution in [2.24, 2.45) is 5.10 Å². The summed E-state index contributed by atoms with van der Waals surface area (Å²) < 4.78 is 1.92. The molecule has 0 aliphatic rings. The fourth-order valence-electron chi connectivity index (χ4n) is 3.69. The summed E-state index contributed by atoms with van der Waals surface area (Å²) in [7, 11) is 0. The summed E-state index contributed by atoms with van der Waals surface area (Å²) in [5.74, 6) is 0.571. The van der Waals surface area contributed by atoms with Crippen molar-refractivity contribution in [3.05, 3.63) is 120 Å². The van der Waals surface area contributed by atoms with Gasteiger partial charge in [0.15, 0.2) is 11.0 Å². The number of carbonyl (C=O) groups is 1. The maximum Gasteiger partial charge on any atom is 0.250 e. The zero-order chi connectivity index (χ0) is 25.5. The highest BCUT2D eigenvalue weighted by Gasteiger charge is 2.17. The largest absolute Gasteiger partial charge is 0.272 e. The Morgan fingerprint density at radius 1 is 0.811 bits per heavy atom. The number of nitrogens with zero attached hydrogens (tertiary/aromatic N) is 4. The van der Waals surface area contributed by atoms with Crippen molar-refractivity contribution in [1.82, 2.24) is 20.2 Å². The van der Waals surface area contributed by atoms with E-state index in [0.717, 1.165) is 27.9 Å². The molecular weight excluding hydrogens is 502 g/mol. The van der Waals surface area contributed by atoms with E-state index in [1.807, 2.05) is 102 Å². The third kappa shape index (κ3) is 6.14. The Bertz CT molecular complexity index is 1500. The summed E-state index contributed by atoms with van der Waals surface area (Å²) in [5, 5.41) is 14.1. The molecule has 0 fully saturated rings. The van der Waals surface area contributed by atoms with Crippen LogP contribution in [-0.2, 0) is 4.79 Å². The van der Waals surface area contributed by atoms with Crippen LogP contribution in [0, 0.1) is 0 Å². The molecule has 0 saturated carbocycles. The molecule has 1 heterocycles. The quantitative estimate of drug-likeness (QED) is 0.143. The molecule has 0 aliphatic carbocycles. The Morgan fingerprint density at radius 2 is 1.43 bits per heavy atom. The van der Waals surface area contributed by atoms with Crippen LogP contribution in [0.25, 0.3) is 28.2 Å². The fourth-order valence-corrected chi connectivity index (χ4v) is 4.56. The lowest BCUT2D eigenvalue weighted by atomic mass is 10.0. The summed E-state index contributed by atoms with van der Waals surface area (Å²) in [6.45, 7) is 0. The summed E-state index contributed by atoms with van der Waals surface area (Å²) in [5.41, 5.74) is 7.53. The SMILES string of the molecule is O=C(CSc1nnc(-c2ccccc2)n1-c1ccc(Cl)cc1)N/N=C\c1ccc(-c2ccccc2)cc1. The number of hydrogen-bond donors (Lipinski definition) is 1. The molecule has 1 aromatic heterocycles. The third-order valence-electron chi connectivity index (χ3n) is 5.50. The second-order valence-electron chi connectivity index (χ2n) is 8.05. The minimum atomic E-state index is -0.242. The van der Waals surface area contributed by atoms with Gasteiger partial charge in [-0.1, -0.05) is 108 Å². The molecule has 1 amide bonds. The van der Waals surface area contributed by atoms with Crippen molar-refractivity contribution in [1.29, 1.82) is 0 Å². The third-order valence-corrected chi connectivity index (χ3v) is 6.68. The standard InChI is InChI=1S/C29H22ClN5OS/c30-25-15-17-26(18-16-25)35-28(24-9-5-2-6-10-24)33-34-29(35)37-20-27(36)32-31-19-21-11-13-23(14-12-21)22-7-3-1-4-8-22/h1-19H,20H2,(H,32,36)/b31-19-. The molecule has 37 heavy (non-hydrogen) atoms. The second kappa shape index (κ2) is 11.7. The van der Waals surface area contributed by atoms with E-state index < -0.39 is 0 Å². The summed E-state index contributed by atoms with van der Waals surface area (Å²) in [6.07, 6.45) is 1.63. The van der Waals surface area contributed by atoms with E-state index in [-0.39, 0.29) is 11.7 Å². The normalized spacial score (nSPS) is 11.1. The minimum Gasteiger partial charge on any atom is -0.272 e. The van der Waals surface area contributed by atoms with Crippen LogP contribution in [0.15, 0.2) is 119 Å². The van der Waals surface area contributed by atoms with E-state index in [4.69, 9.17) is 11.6 Å². The average Bonchev–Trinajstić information content (AvgIpc) is 3.38. The first-order valence-electron chi connectivity index (χ1n) is 11.5. The van der Waals surface area contributed by atoms with Crippen molar-refractivity contribution < 1.29 is 4.79 Å². The van der Waals surface area contributed by atoms with E-state index in [2.05, 4.69) is 32.9 Å². The number of hydrazone groups is 1. The fraction of sp³-hybridized carbons (Fsp3) is 0.0345. The number of halogens is 1. The van der Waals surface area contributed by atoms with Crippen molar-refractivity contribution in [2.45, 2.75) is 5.16 Å². The van der Waals surface area contributed by atoms with Crippen LogP contribution < -0.4 is 5.43 Å². The van der Waals surface area contributed by atoms with Crippen LogP contribution in [-0.4, -0.2) is 32.6 Å². The highest BCUT2D eigenvalue weighted by Crippen LogP contribution is 2.28. The lowest BCUT2D eigenvalue weighted by molar-refractivity contribution is -0.118. The number of benzene rings is 4. The number of rotatable bonds is 8. The van der Waals surface area contributed by atoms with E-state index in [9.17, 15) is 4.79 Å². The molecule has 0 saturated heterocycles. The summed E-state index contributed by atoms with van der Waals surface area (Å²) in [4.78, 5) is 12.5. The smallest absolute Gasteiger partial charge is 0.250 e. The van der Waals surface area contributed by atoms with Gasteiger partial charge in [-0.3, -0.25) is 9.36 Å². The molecule has 0 spiro atoms. The van der Waals surface area contributed by atoms with Crippen LogP contribution in [0.4, 0.5) is 0 Å². The van der Waals surface area contributed by atoms with Crippen molar-refractivity contribution in [3.8, 4) is 28.2 Å². The summed E-state index contributed by atoms with van der Waals surface area (Å²) in [6, 6.07) is 35.4. The Balaban J connectivity index is 1.24. The molecule has 4 aromatic carbocycles. The lowest BCUT2D eigenvalue weighted by Crippen LogP contribution is -2.20. The van der Waals surface area contributed by atoms with Crippen LogP contribution in [0.5, 0.6) is 0 Å². The molecule has 0 aliphatic heterocycles. The Morgan fingerprint density at radius 3 is 2.11 bits per heavy atom. The van der Waals surface area contributed by atoms with Gasteiger partial charge < -0.3 is 0 Å². The minimum absolute atomic E-state index is 0.130. The highest BCUT2D eigenvalue weighted by molar-refractivity contribution is 7.99. The lowest BCUT2D eigenvalue weighted by Gasteiger charge is -2.10. The van der Waals surface area contributed by atoms with Gasteiger partial charge >= 0.3 is 0 Å². The van der Waals surface area contributed by atoms with Gasteiger partial charge in [0.05, 0.1) is 12.0 Å². The average molecular weight is 524 g/mol. The van der Waals surface area contributed by atoms with E-state index in [0.29, 0.717) is 16.0 Å². The molecule has 0 atom stereocenters. The molecule has 8 heteroatoms. The van der Waals surface area contributed by atoms with Gasteiger partial charge in [0, 0.05) is 16.3 Å². The maximum absolute atomic E-state index is 12.5. The van der Waals surface area contributed by atoms with Crippen molar-refractivity contribution >= 4 is 35.5 Å². The molecule has 1 N–H and O–H groups in total. The molecular formula is C29H22ClN5OS. The molecule has 0 unspecified atom stereocenters. The van der Waals surface area contributed by atoms with Gasteiger partial charge in [0.25, 0.3) is 5.91 Å².